The first-order chi connectivity index (χ1) is 44.5. The minimum Gasteiger partial charge on any atom is -0.334 e. The number of hydrogen-bond donors (Lipinski definition) is 0. The van der Waals surface area contributed by atoms with E-state index >= 15 is 0 Å². The van der Waals surface area contributed by atoms with Crippen LogP contribution in [-0.4, -0.2) is 17.3 Å². The standard InChI is InChI=1S/C82H88BN3/c1-79(2,3)57-41-44-72-69(49-57)83-68-43-42-61(84-70-39-27-25-37-62(70)63-38-26-28-40-71(63)84)52-73(68)86(78-66(55-33-21-15-22-34-55)47-59(81(7,8)9)48-67(78)56-35-23-16-24-36-56)75-51-60(82(10,11)12)50-74(76(75)83)85(72)77-64(53-29-17-13-18-30-53)45-58(80(4,5)6)46-65(77)54-31-19-14-20-32-54/h13,15-17,21-28,31,33-45,47-53,58,65,77H,14,18-20,29-30,32,46H2,1-12H3/i25D,26D,27D,28D,37D,38D,39D,40D. The van der Waals surface area contributed by atoms with Crippen LogP contribution in [0.5, 0.6) is 0 Å². The molecule has 14 rings (SSSR count). The molecule has 9 aromatic rings. The summed E-state index contributed by atoms with van der Waals surface area (Å²) < 4.78 is 76.5. The molecule has 2 aliphatic heterocycles. The van der Waals surface area contributed by atoms with Crippen LogP contribution < -0.4 is 26.2 Å². The zero-order chi connectivity index (χ0) is 66.6. The fraction of sp³-hybridized carbons (Fsp3) is 0.341. The van der Waals surface area contributed by atoms with Crippen LogP contribution in [0.3, 0.4) is 0 Å². The summed E-state index contributed by atoms with van der Waals surface area (Å²) in [6, 6.07) is 42.0. The van der Waals surface area contributed by atoms with Gasteiger partial charge in [0.1, 0.15) is 0 Å². The van der Waals surface area contributed by atoms with Gasteiger partial charge in [-0.05, 0) is 189 Å². The van der Waals surface area contributed by atoms with Gasteiger partial charge < -0.3 is 14.4 Å². The van der Waals surface area contributed by atoms with Crippen LogP contribution >= 0.6 is 0 Å². The van der Waals surface area contributed by atoms with Crippen LogP contribution in [-0.2, 0) is 16.2 Å². The summed E-state index contributed by atoms with van der Waals surface area (Å²) >= 11 is 0. The summed E-state index contributed by atoms with van der Waals surface area (Å²) in [5.41, 5.74) is 19.7. The monoisotopic (exact) mass is 1130 g/mol. The summed E-state index contributed by atoms with van der Waals surface area (Å²) in [6.07, 6.45) is 19.1. The van der Waals surface area contributed by atoms with Crippen LogP contribution in [0.25, 0.3) is 49.7 Å². The molecule has 434 valence electrons. The predicted molar refractivity (Wildman–Crippen MR) is 372 cm³/mol. The number of aromatic nitrogens is 1. The average Bonchev–Trinajstić information content (AvgIpc) is 0.919. The third-order valence-corrected chi connectivity index (χ3v) is 20.0. The van der Waals surface area contributed by atoms with Crippen molar-refractivity contribution in [2.45, 2.75) is 157 Å². The molecular weight excluding hydrogens is 1040 g/mol. The molecule has 0 amide bonds. The Morgan fingerprint density at radius 2 is 1.16 bits per heavy atom. The van der Waals surface area contributed by atoms with Gasteiger partial charge in [0.05, 0.1) is 33.7 Å². The molecule has 3 nitrogen and oxygen atoms in total. The van der Waals surface area contributed by atoms with Crippen molar-refractivity contribution in [3.63, 3.8) is 0 Å². The first-order valence-electron chi connectivity index (χ1n) is 36.0. The SMILES string of the molecule is [2H]c1c([2H])c([2H])c2c(c1[2H])c1c([2H])c([2H])c([2H])c([2H])c1n2-c1ccc2c(c1)N(c1c(-c3ccccc3)cc(C(C)(C)C)cc1-c1ccccc1)c1cc(C(C)(C)C)cc3c1B2c1cc(C(C)(C)C)ccc1N3C1C(C2CC=CCC2)=CC(C(C)(C)C)CC1C1=CCCCC1. The summed E-state index contributed by atoms with van der Waals surface area (Å²) in [6.45, 7) is 27.9. The molecule has 86 heavy (non-hydrogen) atoms. The van der Waals surface area contributed by atoms with Crippen LogP contribution in [0.2, 0.25) is 0 Å². The van der Waals surface area contributed by atoms with Gasteiger partial charge in [0.2, 0.25) is 0 Å². The lowest BCUT2D eigenvalue weighted by Crippen LogP contribution is -2.64. The maximum absolute atomic E-state index is 9.75. The largest absolute Gasteiger partial charge is 0.334 e. The molecule has 4 atom stereocenters. The molecule has 0 fully saturated rings. The Morgan fingerprint density at radius 3 is 1.74 bits per heavy atom. The Hall–Kier alpha value is -7.56. The van der Waals surface area contributed by atoms with E-state index in [-0.39, 0.29) is 86.3 Å². The lowest BCUT2D eigenvalue weighted by molar-refractivity contribution is 0.220. The number of rotatable bonds is 7. The third kappa shape index (κ3) is 9.64. The van der Waals surface area contributed by atoms with Crippen molar-refractivity contribution in [3.8, 4) is 27.9 Å². The van der Waals surface area contributed by atoms with Crippen LogP contribution in [0.15, 0.2) is 205 Å². The van der Waals surface area contributed by atoms with E-state index in [2.05, 4.69) is 232 Å². The molecule has 3 aliphatic carbocycles. The molecule has 5 aliphatic rings. The maximum Gasteiger partial charge on any atom is 0.252 e. The molecule has 1 aromatic heterocycles. The van der Waals surface area contributed by atoms with Crippen molar-refractivity contribution in [1.29, 1.82) is 0 Å². The minimum atomic E-state index is -0.468. The number of allylic oxidation sites excluding steroid dienone is 4. The Morgan fingerprint density at radius 1 is 0.547 bits per heavy atom. The van der Waals surface area contributed by atoms with Crippen molar-refractivity contribution in [3.05, 3.63) is 222 Å². The van der Waals surface area contributed by atoms with Crippen molar-refractivity contribution in [2.24, 2.45) is 23.2 Å². The molecule has 0 bridgehead atoms. The highest BCUT2D eigenvalue weighted by molar-refractivity contribution is 7.00. The summed E-state index contributed by atoms with van der Waals surface area (Å²) in [4.78, 5) is 5.42. The quantitative estimate of drug-likeness (QED) is 0.116. The lowest BCUT2D eigenvalue weighted by Gasteiger charge is -2.53. The smallest absolute Gasteiger partial charge is 0.252 e. The highest BCUT2D eigenvalue weighted by Crippen LogP contribution is 2.56. The first kappa shape index (κ1) is 47.6. The zero-order valence-electron chi connectivity index (χ0n) is 60.7. The number of para-hydroxylation sites is 2. The summed E-state index contributed by atoms with van der Waals surface area (Å²) in [5, 5.41) is 0.103. The van der Waals surface area contributed by atoms with Gasteiger partial charge >= 0.3 is 0 Å². The van der Waals surface area contributed by atoms with E-state index in [9.17, 15) is 8.22 Å². The Balaban J connectivity index is 1.19. The molecule has 0 spiro atoms. The highest BCUT2D eigenvalue weighted by Gasteiger charge is 2.51. The van der Waals surface area contributed by atoms with E-state index in [1.807, 2.05) is 6.07 Å². The molecule has 4 unspecified atom stereocenters. The van der Waals surface area contributed by atoms with Gasteiger partial charge in [0.25, 0.3) is 6.71 Å². The van der Waals surface area contributed by atoms with Gasteiger partial charge in [0.15, 0.2) is 0 Å². The fourth-order valence-corrected chi connectivity index (χ4v) is 15.3. The number of anilines is 5. The number of hydrogen-bond acceptors (Lipinski definition) is 2. The van der Waals surface area contributed by atoms with Gasteiger partial charge in [-0.25, -0.2) is 0 Å². The first-order valence-corrected chi connectivity index (χ1v) is 32.0. The zero-order valence-corrected chi connectivity index (χ0v) is 52.7. The topological polar surface area (TPSA) is 11.4 Å². The molecule has 4 heteroatoms. The molecular formula is C82H88BN3. The third-order valence-electron chi connectivity index (χ3n) is 20.0. The van der Waals surface area contributed by atoms with Gasteiger partial charge in [0, 0.05) is 56.3 Å². The number of fused-ring (bicyclic) bond motifs is 7. The number of nitrogens with zero attached hydrogens (tertiary/aromatic N) is 3. The molecule has 3 heterocycles. The second kappa shape index (κ2) is 21.1. The van der Waals surface area contributed by atoms with E-state index in [0.717, 1.165) is 83.3 Å². The Labute approximate surface area is 525 Å². The normalized spacial score (nSPS) is 21.0. The minimum absolute atomic E-state index is 0.0108. The molecule has 0 N–H and O–H groups in total. The van der Waals surface area contributed by atoms with Crippen LogP contribution in [0, 0.1) is 23.2 Å². The van der Waals surface area contributed by atoms with Crippen molar-refractivity contribution >= 4 is 73.3 Å². The second-order valence-corrected chi connectivity index (χ2v) is 29.7. The second-order valence-electron chi connectivity index (χ2n) is 29.7. The highest BCUT2D eigenvalue weighted by atomic mass is 15.2. The Kier molecular flexibility index (Phi) is 11.7. The van der Waals surface area contributed by atoms with Crippen molar-refractivity contribution in [2.75, 3.05) is 9.80 Å². The van der Waals surface area contributed by atoms with Crippen LogP contribution in [0.1, 0.15) is 162 Å². The summed E-state index contributed by atoms with van der Waals surface area (Å²) in [7, 11) is 0. The van der Waals surface area contributed by atoms with E-state index in [4.69, 9.17) is 2.74 Å². The van der Waals surface area contributed by atoms with E-state index in [1.165, 1.54) is 51.8 Å². The van der Waals surface area contributed by atoms with Gasteiger partial charge in [-0.1, -0.05) is 228 Å². The number of benzene rings is 8. The maximum atomic E-state index is 9.75. The van der Waals surface area contributed by atoms with Gasteiger partial charge in [-0.2, -0.15) is 0 Å². The van der Waals surface area contributed by atoms with Crippen LogP contribution in [0.4, 0.5) is 28.4 Å². The van der Waals surface area contributed by atoms with E-state index < -0.39 is 24.2 Å². The molecule has 0 saturated carbocycles. The molecule has 0 saturated heterocycles. The summed E-state index contributed by atoms with van der Waals surface area (Å²) in [5.74, 6) is 0.995. The predicted octanol–water partition coefficient (Wildman–Crippen LogP) is 20.6. The van der Waals surface area contributed by atoms with E-state index in [1.54, 1.807) is 15.7 Å². The lowest BCUT2D eigenvalue weighted by atomic mass is 9.33. The average molecular weight is 1130 g/mol. The van der Waals surface area contributed by atoms with E-state index in [0.29, 0.717) is 17.5 Å². The fourth-order valence-electron chi connectivity index (χ4n) is 15.3. The van der Waals surface area contributed by atoms with Gasteiger partial charge in [-0.15, -0.1) is 0 Å². The van der Waals surface area contributed by atoms with Gasteiger partial charge in [-0.3, -0.25) is 0 Å². The van der Waals surface area contributed by atoms with Crippen molar-refractivity contribution < 1.29 is 11.0 Å². The molecule has 0 radical (unpaired) electrons. The van der Waals surface area contributed by atoms with Crippen molar-refractivity contribution in [1.82, 2.24) is 4.57 Å². The Bertz CT molecular complexity index is 4550. The molecule has 8 aromatic carbocycles.